The molecule has 6 heteroatoms. The summed E-state index contributed by atoms with van der Waals surface area (Å²) in [5, 5.41) is 0.618. The van der Waals surface area contributed by atoms with E-state index in [1.165, 1.54) is 25.7 Å². The van der Waals surface area contributed by atoms with Gasteiger partial charge < -0.3 is 14.4 Å². The van der Waals surface area contributed by atoms with Crippen LogP contribution >= 0.6 is 11.8 Å². The molecule has 0 aromatic rings. The number of esters is 1. The van der Waals surface area contributed by atoms with Crippen LogP contribution in [-0.2, 0) is 14.3 Å². The van der Waals surface area contributed by atoms with Gasteiger partial charge in [-0.15, -0.1) is 11.8 Å². The molecule has 1 amide bonds. The quantitative estimate of drug-likeness (QED) is 0.714. The average molecular weight is 343 g/mol. The molecule has 0 aromatic heterocycles. The Balaban J connectivity index is 1.70. The second-order valence-corrected chi connectivity index (χ2v) is 8.66. The highest BCUT2D eigenvalue weighted by Crippen LogP contribution is 2.29. The predicted octanol–water partition coefficient (Wildman–Crippen LogP) is 3.60. The largest absolute Gasteiger partial charge is 0.463 e. The highest BCUT2D eigenvalue weighted by Gasteiger charge is 2.33. The normalized spacial score (nSPS) is 22.4. The van der Waals surface area contributed by atoms with E-state index in [1.54, 1.807) is 16.7 Å². The molecule has 5 nitrogen and oxygen atoms in total. The number of hydrogen-bond donors (Lipinski definition) is 0. The molecule has 0 N–H and O–H groups in total. The van der Waals surface area contributed by atoms with Crippen molar-refractivity contribution in [3.8, 4) is 0 Å². The summed E-state index contributed by atoms with van der Waals surface area (Å²) in [4.78, 5) is 25.8. The third-order valence-electron chi connectivity index (χ3n) is 4.18. The second kappa shape index (κ2) is 8.27. The van der Waals surface area contributed by atoms with E-state index in [-0.39, 0.29) is 24.7 Å². The van der Waals surface area contributed by atoms with Gasteiger partial charge in [0.25, 0.3) is 0 Å². The highest BCUT2D eigenvalue weighted by atomic mass is 32.2. The van der Waals surface area contributed by atoms with Crippen molar-refractivity contribution >= 4 is 23.8 Å². The highest BCUT2D eigenvalue weighted by molar-refractivity contribution is 8.00. The average Bonchev–Trinajstić information content (AvgIpc) is 3.12. The molecule has 1 aliphatic heterocycles. The summed E-state index contributed by atoms with van der Waals surface area (Å²) in [5.41, 5.74) is -0.501. The maximum atomic E-state index is 12.2. The number of hydrogen-bond acceptors (Lipinski definition) is 5. The summed E-state index contributed by atoms with van der Waals surface area (Å²) in [5.74, 6) is 0.252. The number of carbonyl (C=O) groups is 2. The van der Waals surface area contributed by atoms with Gasteiger partial charge in [0.05, 0.1) is 11.8 Å². The Morgan fingerprint density at radius 3 is 2.48 bits per heavy atom. The lowest BCUT2D eigenvalue weighted by Crippen LogP contribution is -2.42. The van der Waals surface area contributed by atoms with Crippen molar-refractivity contribution in [1.82, 2.24) is 4.90 Å². The molecular formula is C17H29NO4S. The van der Waals surface area contributed by atoms with Crippen LogP contribution in [0.5, 0.6) is 0 Å². The smallest absolute Gasteiger partial charge is 0.410 e. The van der Waals surface area contributed by atoms with E-state index in [2.05, 4.69) is 0 Å². The molecule has 2 rings (SSSR count). The Morgan fingerprint density at radius 1 is 1.13 bits per heavy atom. The van der Waals surface area contributed by atoms with E-state index in [1.807, 2.05) is 20.8 Å². The summed E-state index contributed by atoms with van der Waals surface area (Å²) in [7, 11) is 0. The Kier molecular flexibility index (Phi) is 6.62. The van der Waals surface area contributed by atoms with Gasteiger partial charge >= 0.3 is 12.1 Å². The fourth-order valence-electron chi connectivity index (χ4n) is 3.04. The first kappa shape index (κ1) is 18.4. The minimum atomic E-state index is -0.501. The zero-order valence-corrected chi connectivity index (χ0v) is 15.3. The molecule has 2 aliphatic rings. The first-order chi connectivity index (χ1) is 10.8. The molecule has 1 heterocycles. The van der Waals surface area contributed by atoms with Gasteiger partial charge in [-0.1, -0.05) is 12.8 Å². The second-order valence-electron chi connectivity index (χ2n) is 7.37. The minimum absolute atomic E-state index is 0.0507. The van der Waals surface area contributed by atoms with Crippen LogP contribution < -0.4 is 0 Å². The van der Waals surface area contributed by atoms with E-state index in [4.69, 9.17) is 9.47 Å². The molecule has 2 fully saturated rings. The van der Waals surface area contributed by atoms with Crippen molar-refractivity contribution in [3.63, 3.8) is 0 Å². The van der Waals surface area contributed by atoms with Crippen molar-refractivity contribution in [2.45, 2.75) is 76.2 Å². The van der Waals surface area contributed by atoms with Gasteiger partial charge in [-0.25, -0.2) is 4.79 Å². The lowest BCUT2D eigenvalue weighted by molar-refractivity contribution is -0.141. The number of thioether (sulfide) groups is 1. The maximum Gasteiger partial charge on any atom is 0.410 e. The molecule has 1 aliphatic carbocycles. The third-order valence-corrected chi connectivity index (χ3v) is 5.53. The lowest BCUT2D eigenvalue weighted by Gasteiger charge is -2.28. The van der Waals surface area contributed by atoms with Gasteiger partial charge in [0.1, 0.15) is 12.2 Å². The SMILES string of the molecule is CC(C)(C)OC(=O)N1CCC[C@H]1COC(=O)CSC1CCCC1. The monoisotopic (exact) mass is 343 g/mol. The standard InChI is InChI=1S/C17H29NO4S/c1-17(2,3)22-16(20)18-10-6-7-13(18)11-21-15(19)12-23-14-8-4-5-9-14/h13-14H,4-12H2,1-3H3/t13-/m0/s1. The van der Waals surface area contributed by atoms with Crippen molar-refractivity contribution in [2.75, 3.05) is 18.9 Å². The van der Waals surface area contributed by atoms with Crippen LogP contribution in [0, 0.1) is 0 Å². The first-order valence-electron chi connectivity index (χ1n) is 8.62. The van der Waals surface area contributed by atoms with Gasteiger partial charge in [0, 0.05) is 11.8 Å². The van der Waals surface area contributed by atoms with Gasteiger partial charge in [-0.3, -0.25) is 4.79 Å². The molecular weight excluding hydrogens is 314 g/mol. The molecule has 1 saturated heterocycles. The van der Waals surface area contributed by atoms with Gasteiger partial charge in [0.2, 0.25) is 0 Å². The van der Waals surface area contributed by atoms with E-state index in [0.717, 1.165) is 12.8 Å². The Labute approximate surface area is 143 Å². The summed E-state index contributed by atoms with van der Waals surface area (Å²) in [6, 6.07) is -0.0507. The summed E-state index contributed by atoms with van der Waals surface area (Å²) < 4.78 is 10.8. The topological polar surface area (TPSA) is 55.8 Å². The molecule has 23 heavy (non-hydrogen) atoms. The zero-order chi connectivity index (χ0) is 16.9. The number of rotatable bonds is 5. The minimum Gasteiger partial charge on any atom is -0.463 e. The summed E-state index contributed by atoms with van der Waals surface area (Å²) in [6.45, 7) is 6.53. The molecule has 0 bridgehead atoms. The lowest BCUT2D eigenvalue weighted by atomic mass is 10.2. The van der Waals surface area contributed by atoms with E-state index < -0.39 is 5.60 Å². The van der Waals surface area contributed by atoms with Crippen molar-refractivity contribution in [3.05, 3.63) is 0 Å². The molecule has 132 valence electrons. The Bertz CT molecular complexity index is 415. The summed E-state index contributed by atoms with van der Waals surface area (Å²) >= 11 is 1.71. The van der Waals surface area contributed by atoms with Gasteiger partial charge in [0.15, 0.2) is 0 Å². The fourth-order valence-corrected chi connectivity index (χ4v) is 4.16. The van der Waals surface area contributed by atoms with Crippen LogP contribution in [-0.4, -0.2) is 52.8 Å². The fraction of sp³-hybridized carbons (Fsp3) is 0.882. The zero-order valence-electron chi connectivity index (χ0n) is 14.5. The molecule has 1 atom stereocenters. The maximum absolute atomic E-state index is 12.2. The van der Waals surface area contributed by atoms with Crippen LogP contribution in [0.15, 0.2) is 0 Å². The van der Waals surface area contributed by atoms with Gasteiger partial charge in [-0.2, -0.15) is 0 Å². The van der Waals surface area contributed by atoms with E-state index in [9.17, 15) is 9.59 Å². The van der Waals surface area contributed by atoms with Crippen LogP contribution in [0.2, 0.25) is 0 Å². The van der Waals surface area contributed by atoms with Crippen LogP contribution in [0.3, 0.4) is 0 Å². The molecule has 0 radical (unpaired) electrons. The van der Waals surface area contributed by atoms with Crippen molar-refractivity contribution in [1.29, 1.82) is 0 Å². The van der Waals surface area contributed by atoms with Crippen LogP contribution in [0.4, 0.5) is 4.79 Å². The number of nitrogens with zero attached hydrogens (tertiary/aromatic N) is 1. The molecule has 1 saturated carbocycles. The molecule has 0 spiro atoms. The Morgan fingerprint density at radius 2 is 1.83 bits per heavy atom. The van der Waals surface area contributed by atoms with Crippen LogP contribution in [0.1, 0.15) is 59.3 Å². The number of likely N-dealkylation sites (tertiary alicyclic amines) is 1. The summed E-state index contributed by atoms with van der Waals surface area (Å²) in [6.07, 6.45) is 6.47. The number of ether oxygens (including phenoxy) is 2. The third kappa shape index (κ3) is 6.24. The predicted molar refractivity (Wildman–Crippen MR) is 91.6 cm³/mol. The molecule has 0 aromatic carbocycles. The first-order valence-corrected chi connectivity index (χ1v) is 9.67. The number of amides is 1. The van der Waals surface area contributed by atoms with Crippen molar-refractivity contribution < 1.29 is 19.1 Å². The van der Waals surface area contributed by atoms with Crippen molar-refractivity contribution in [2.24, 2.45) is 0 Å². The van der Waals surface area contributed by atoms with E-state index >= 15 is 0 Å². The Hall–Kier alpha value is -0.910. The van der Waals surface area contributed by atoms with Gasteiger partial charge in [-0.05, 0) is 46.5 Å². The van der Waals surface area contributed by atoms with E-state index in [0.29, 0.717) is 17.5 Å². The number of carbonyl (C=O) groups excluding carboxylic acids is 2. The molecule has 0 unspecified atom stereocenters. The van der Waals surface area contributed by atoms with Crippen LogP contribution in [0.25, 0.3) is 0 Å².